The summed E-state index contributed by atoms with van der Waals surface area (Å²) in [5, 5.41) is 2.63. The zero-order valence-corrected chi connectivity index (χ0v) is 18.1. The van der Waals surface area contributed by atoms with Crippen LogP contribution in [0.1, 0.15) is 48.5 Å². The molecule has 1 saturated heterocycles. The third-order valence-electron chi connectivity index (χ3n) is 4.97. The second kappa shape index (κ2) is 7.42. The topological polar surface area (TPSA) is 82.6 Å². The SMILES string of the molecule is CC(C)(C)OC(=O)Nc1cnc(-c2cccc(B3OC(C)(C)C(C)(C)O3)c2)nc1. The van der Waals surface area contributed by atoms with Gasteiger partial charge in [0.2, 0.25) is 0 Å². The maximum atomic E-state index is 11.9. The van der Waals surface area contributed by atoms with E-state index in [1.54, 1.807) is 33.2 Å². The van der Waals surface area contributed by atoms with E-state index in [9.17, 15) is 4.79 Å². The molecule has 1 aromatic heterocycles. The van der Waals surface area contributed by atoms with E-state index in [1.807, 2.05) is 52.0 Å². The van der Waals surface area contributed by atoms with E-state index >= 15 is 0 Å². The molecule has 1 aliphatic rings. The van der Waals surface area contributed by atoms with Crippen LogP contribution in [-0.4, -0.2) is 40.0 Å². The molecule has 1 fully saturated rings. The summed E-state index contributed by atoms with van der Waals surface area (Å²) in [6.45, 7) is 13.5. The van der Waals surface area contributed by atoms with Crippen molar-refractivity contribution in [2.24, 2.45) is 0 Å². The second-order valence-corrected chi connectivity index (χ2v) is 9.14. The number of benzene rings is 1. The van der Waals surface area contributed by atoms with Gasteiger partial charge in [0.25, 0.3) is 0 Å². The molecule has 1 aromatic carbocycles. The molecule has 8 heteroatoms. The molecule has 0 radical (unpaired) electrons. The lowest BCUT2D eigenvalue weighted by molar-refractivity contribution is 0.00578. The Balaban J connectivity index is 1.74. The lowest BCUT2D eigenvalue weighted by Gasteiger charge is -2.32. The third kappa shape index (κ3) is 4.94. The number of nitrogens with zero attached hydrogens (tertiary/aromatic N) is 2. The summed E-state index contributed by atoms with van der Waals surface area (Å²) in [7, 11) is -0.451. The summed E-state index contributed by atoms with van der Waals surface area (Å²) in [4.78, 5) is 20.6. The average molecular weight is 397 g/mol. The van der Waals surface area contributed by atoms with Crippen LogP contribution in [-0.2, 0) is 14.0 Å². The van der Waals surface area contributed by atoms with Crippen molar-refractivity contribution in [1.82, 2.24) is 9.97 Å². The molecule has 1 N–H and O–H groups in total. The number of carbonyl (C=O) groups is 1. The van der Waals surface area contributed by atoms with Gasteiger partial charge >= 0.3 is 13.2 Å². The Morgan fingerprint density at radius 3 is 2.21 bits per heavy atom. The molecule has 0 bridgehead atoms. The van der Waals surface area contributed by atoms with Crippen LogP contribution in [0, 0.1) is 0 Å². The largest absolute Gasteiger partial charge is 0.494 e. The minimum Gasteiger partial charge on any atom is -0.444 e. The number of aromatic nitrogens is 2. The summed E-state index contributed by atoms with van der Waals surface area (Å²) in [6.07, 6.45) is 2.55. The lowest BCUT2D eigenvalue weighted by atomic mass is 9.78. The highest BCUT2D eigenvalue weighted by Crippen LogP contribution is 2.36. The summed E-state index contributed by atoms with van der Waals surface area (Å²) in [6, 6.07) is 7.76. The van der Waals surface area contributed by atoms with Gasteiger partial charge in [0.1, 0.15) is 5.60 Å². The fourth-order valence-electron chi connectivity index (χ4n) is 2.77. The second-order valence-electron chi connectivity index (χ2n) is 9.14. The molecule has 1 amide bonds. The standard InChI is InChI=1S/C21H28BN3O4/c1-19(2,3)27-18(26)25-16-12-23-17(24-13-16)14-9-8-10-15(11-14)22-28-20(4,5)21(6,7)29-22/h8-13H,1-7H3,(H,25,26). The first-order valence-electron chi connectivity index (χ1n) is 9.64. The highest BCUT2D eigenvalue weighted by atomic mass is 16.7. The predicted molar refractivity (Wildman–Crippen MR) is 113 cm³/mol. The number of carbonyl (C=O) groups excluding carboxylic acids is 1. The first-order chi connectivity index (χ1) is 13.4. The monoisotopic (exact) mass is 397 g/mol. The highest BCUT2D eigenvalue weighted by Gasteiger charge is 2.51. The molecule has 2 heterocycles. The fraction of sp³-hybridized carbons (Fsp3) is 0.476. The van der Waals surface area contributed by atoms with E-state index in [0.717, 1.165) is 11.0 Å². The average Bonchev–Trinajstić information content (AvgIpc) is 2.82. The Labute approximate surface area is 172 Å². The van der Waals surface area contributed by atoms with E-state index in [2.05, 4.69) is 15.3 Å². The molecule has 0 aliphatic carbocycles. The van der Waals surface area contributed by atoms with Crippen molar-refractivity contribution in [2.75, 3.05) is 5.32 Å². The zero-order chi connectivity index (χ0) is 21.4. The van der Waals surface area contributed by atoms with Crippen LogP contribution in [0.2, 0.25) is 0 Å². The maximum absolute atomic E-state index is 11.9. The summed E-state index contributed by atoms with van der Waals surface area (Å²) < 4.78 is 17.5. The van der Waals surface area contributed by atoms with Crippen molar-refractivity contribution in [3.8, 4) is 11.4 Å². The number of ether oxygens (including phenoxy) is 1. The Hall–Kier alpha value is -2.45. The van der Waals surface area contributed by atoms with E-state index in [-0.39, 0.29) is 0 Å². The smallest absolute Gasteiger partial charge is 0.444 e. The number of amides is 1. The molecule has 0 spiro atoms. The van der Waals surface area contributed by atoms with Crippen LogP contribution in [0.25, 0.3) is 11.4 Å². The van der Waals surface area contributed by atoms with Crippen molar-refractivity contribution < 1.29 is 18.8 Å². The van der Waals surface area contributed by atoms with Crippen molar-refractivity contribution in [2.45, 2.75) is 65.3 Å². The van der Waals surface area contributed by atoms with Gasteiger partial charge < -0.3 is 14.0 Å². The Kier molecular flexibility index (Phi) is 5.45. The van der Waals surface area contributed by atoms with Crippen LogP contribution in [0.15, 0.2) is 36.7 Å². The van der Waals surface area contributed by atoms with Gasteiger partial charge in [-0.3, -0.25) is 5.32 Å². The molecule has 3 rings (SSSR count). The van der Waals surface area contributed by atoms with Crippen LogP contribution >= 0.6 is 0 Å². The van der Waals surface area contributed by atoms with Gasteiger partial charge in [-0.25, -0.2) is 14.8 Å². The number of anilines is 1. The molecular formula is C21H28BN3O4. The number of hydrogen-bond acceptors (Lipinski definition) is 6. The van der Waals surface area contributed by atoms with E-state index in [0.29, 0.717) is 11.5 Å². The van der Waals surface area contributed by atoms with Gasteiger partial charge in [0.05, 0.1) is 29.3 Å². The first-order valence-corrected chi connectivity index (χ1v) is 9.64. The van der Waals surface area contributed by atoms with E-state index in [4.69, 9.17) is 14.0 Å². The van der Waals surface area contributed by atoms with Crippen molar-refractivity contribution >= 4 is 24.4 Å². The van der Waals surface area contributed by atoms with Crippen molar-refractivity contribution in [3.05, 3.63) is 36.7 Å². The van der Waals surface area contributed by atoms with Gasteiger partial charge in [0, 0.05) is 5.56 Å². The van der Waals surface area contributed by atoms with Gasteiger partial charge in [-0.2, -0.15) is 0 Å². The first kappa shape index (κ1) is 21.3. The number of rotatable bonds is 3. The van der Waals surface area contributed by atoms with Crippen molar-refractivity contribution in [1.29, 1.82) is 0 Å². The zero-order valence-electron chi connectivity index (χ0n) is 18.1. The molecule has 0 saturated carbocycles. The van der Waals surface area contributed by atoms with Crippen LogP contribution < -0.4 is 10.8 Å². The molecule has 1 aliphatic heterocycles. The molecule has 0 unspecified atom stereocenters. The minimum atomic E-state index is -0.571. The van der Waals surface area contributed by atoms with Gasteiger partial charge in [-0.15, -0.1) is 0 Å². The summed E-state index contributed by atoms with van der Waals surface area (Å²) in [5.74, 6) is 0.540. The molecule has 29 heavy (non-hydrogen) atoms. The predicted octanol–water partition coefficient (Wildman–Crippen LogP) is 3.79. The van der Waals surface area contributed by atoms with Crippen LogP contribution in [0.4, 0.5) is 10.5 Å². The Morgan fingerprint density at radius 1 is 1.07 bits per heavy atom. The fourth-order valence-corrected chi connectivity index (χ4v) is 2.77. The highest BCUT2D eigenvalue weighted by molar-refractivity contribution is 6.62. The molecule has 0 atom stereocenters. The Morgan fingerprint density at radius 2 is 1.66 bits per heavy atom. The summed E-state index contributed by atoms with van der Waals surface area (Å²) >= 11 is 0. The van der Waals surface area contributed by atoms with E-state index < -0.39 is 30.0 Å². The Bertz CT molecular complexity index is 876. The molecular weight excluding hydrogens is 369 g/mol. The van der Waals surface area contributed by atoms with Gasteiger partial charge in [-0.1, -0.05) is 24.3 Å². The van der Waals surface area contributed by atoms with Crippen molar-refractivity contribution in [3.63, 3.8) is 0 Å². The third-order valence-corrected chi connectivity index (χ3v) is 4.97. The van der Waals surface area contributed by atoms with Gasteiger partial charge in [0.15, 0.2) is 5.82 Å². The van der Waals surface area contributed by atoms with E-state index in [1.165, 1.54) is 0 Å². The molecule has 2 aromatic rings. The lowest BCUT2D eigenvalue weighted by Crippen LogP contribution is -2.41. The number of hydrogen-bond donors (Lipinski definition) is 1. The van der Waals surface area contributed by atoms with Gasteiger partial charge in [-0.05, 0) is 53.9 Å². The molecule has 154 valence electrons. The summed E-state index contributed by atoms with van der Waals surface area (Å²) in [5.41, 5.74) is 0.823. The maximum Gasteiger partial charge on any atom is 0.494 e. The van der Waals surface area contributed by atoms with Crippen LogP contribution in [0.5, 0.6) is 0 Å². The normalized spacial score (nSPS) is 17.8. The van der Waals surface area contributed by atoms with Crippen LogP contribution in [0.3, 0.4) is 0 Å². The minimum absolute atomic E-state index is 0.404. The molecule has 7 nitrogen and oxygen atoms in total. The quantitative estimate of drug-likeness (QED) is 0.794. The number of nitrogens with one attached hydrogen (secondary N) is 1.